The van der Waals surface area contributed by atoms with Crippen molar-refractivity contribution in [2.45, 2.75) is 13.8 Å². The van der Waals surface area contributed by atoms with Crippen molar-refractivity contribution >= 4 is 29.7 Å². The molecule has 0 aliphatic carbocycles. The summed E-state index contributed by atoms with van der Waals surface area (Å²) >= 11 is 0. The van der Waals surface area contributed by atoms with Gasteiger partial charge in [-0.25, -0.2) is 0 Å². The predicted octanol–water partition coefficient (Wildman–Crippen LogP) is 3.17. The summed E-state index contributed by atoms with van der Waals surface area (Å²) in [5, 5.41) is 11.5. The maximum atomic E-state index is 12.6. The monoisotopic (exact) mass is 417 g/mol. The van der Waals surface area contributed by atoms with E-state index in [4.69, 9.17) is 15.2 Å². The SMILES string of the molecule is COCCOc1ccc(-n2nc(C)c(C(=O)Nc3cc(N)ccc3C)n2)cc1.Cl. The van der Waals surface area contributed by atoms with E-state index in [1.54, 1.807) is 26.2 Å². The molecule has 0 saturated carbocycles. The van der Waals surface area contributed by atoms with Crippen LogP contribution in [-0.2, 0) is 4.74 Å². The molecule has 0 atom stereocenters. The number of anilines is 2. The molecule has 154 valence electrons. The van der Waals surface area contributed by atoms with Crippen LogP contribution in [0.2, 0.25) is 0 Å². The van der Waals surface area contributed by atoms with E-state index in [0.717, 1.165) is 17.0 Å². The predicted molar refractivity (Wildman–Crippen MR) is 114 cm³/mol. The molecule has 8 nitrogen and oxygen atoms in total. The Morgan fingerprint density at radius 1 is 1.10 bits per heavy atom. The fourth-order valence-electron chi connectivity index (χ4n) is 2.58. The second-order valence-electron chi connectivity index (χ2n) is 6.29. The summed E-state index contributed by atoms with van der Waals surface area (Å²) in [6.45, 7) is 4.64. The van der Waals surface area contributed by atoms with Gasteiger partial charge in [0.1, 0.15) is 12.4 Å². The number of benzene rings is 2. The number of hydrogen-bond acceptors (Lipinski definition) is 6. The number of carbonyl (C=O) groups is 1. The van der Waals surface area contributed by atoms with Crippen molar-refractivity contribution in [2.75, 3.05) is 31.4 Å². The Bertz CT molecular complexity index is 973. The Morgan fingerprint density at radius 2 is 1.83 bits per heavy atom. The third-order valence-corrected chi connectivity index (χ3v) is 4.13. The largest absolute Gasteiger partial charge is 0.491 e. The van der Waals surface area contributed by atoms with E-state index in [0.29, 0.717) is 30.3 Å². The number of rotatable bonds is 7. The van der Waals surface area contributed by atoms with E-state index in [9.17, 15) is 4.79 Å². The highest BCUT2D eigenvalue weighted by atomic mass is 35.5. The van der Waals surface area contributed by atoms with Crippen LogP contribution in [0, 0.1) is 13.8 Å². The number of amides is 1. The Labute approximate surface area is 175 Å². The molecule has 0 aliphatic heterocycles. The van der Waals surface area contributed by atoms with Crippen LogP contribution in [0.15, 0.2) is 42.5 Å². The van der Waals surface area contributed by atoms with Crippen LogP contribution in [0.5, 0.6) is 5.75 Å². The van der Waals surface area contributed by atoms with Crippen LogP contribution in [0.4, 0.5) is 11.4 Å². The summed E-state index contributed by atoms with van der Waals surface area (Å²) in [6.07, 6.45) is 0. The molecule has 0 unspecified atom stereocenters. The number of nitrogen functional groups attached to an aromatic ring is 1. The molecule has 3 aromatic rings. The first kappa shape index (κ1) is 22.2. The standard InChI is InChI=1S/C20H23N5O3.ClH/c1-13-4-5-15(21)12-18(13)22-20(26)19-14(2)23-25(24-19)16-6-8-17(9-7-16)28-11-10-27-3;/h4-9,12H,10-11,21H2,1-3H3,(H,22,26);1H. The minimum atomic E-state index is -0.336. The summed E-state index contributed by atoms with van der Waals surface area (Å²) in [7, 11) is 1.62. The molecule has 0 spiro atoms. The molecule has 3 rings (SSSR count). The first-order valence-corrected chi connectivity index (χ1v) is 8.81. The van der Waals surface area contributed by atoms with Crippen LogP contribution >= 0.6 is 12.4 Å². The van der Waals surface area contributed by atoms with E-state index >= 15 is 0 Å². The maximum Gasteiger partial charge on any atom is 0.278 e. The molecule has 0 bridgehead atoms. The maximum absolute atomic E-state index is 12.6. The van der Waals surface area contributed by atoms with E-state index in [1.807, 2.05) is 37.3 Å². The zero-order valence-electron chi connectivity index (χ0n) is 16.5. The van der Waals surface area contributed by atoms with Gasteiger partial charge < -0.3 is 20.5 Å². The summed E-state index contributed by atoms with van der Waals surface area (Å²) in [6, 6.07) is 12.6. The molecule has 1 amide bonds. The highest BCUT2D eigenvalue weighted by molar-refractivity contribution is 6.04. The number of methoxy groups -OCH3 is 1. The molecule has 0 saturated heterocycles. The number of carbonyl (C=O) groups excluding carboxylic acids is 1. The fourth-order valence-corrected chi connectivity index (χ4v) is 2.58. The number of aryl methyl sites for hydroxylation is 2. The minimum Gasteiger partial charge on any atom is -0.491 e. The average Bonchev–Trinajstić information content (AvgIpc) is 3.07. The van der Waals surface area contributed by atoms with E-state index < -0.39 is 0 Å². The lowest BCUT2D eigenvalue weighted by Crippen LogP contribution is -2.15. The van der Waals surface area contributed by atoms with Gasteiger partial charge in [0.15, 0.2) is 5.69 Å². The molecule has 0 fully saturated rings. The Morgan fingerprint density at radius 3 is 2.52 bits per heavy atom. The lowest BCUT2D eigenvalue weighted by molar-refractivity contribution is 0.102. The summed E-state index contributed by atoms with van der Waals surface area (Å²) in [4.78, 5) is 14.1. The van der Waals surface area contributed by atoms with Crippen molar-refractivity contribution < 1.29 is 14.3 Å². The van der Waals surface area contributed by atoms with Crippen LogP contribution in [-0.4, -0.2) is 41.2 Å². The number of ether oxygens (including phenoxy) is 2. The molecular weight excluding hydrogens is 394 g/mol. The van der Waals surface area contributed by atoms with Crippen molar-refractivity contribution in [3.63, 3.8) is 0 Å². The number of aromatic nitrogens is 3. The number of halogens is 1. The topological polar surface area (TPSA) is 104 Å². The van der Waals surface area contributed by atoms with Crippen molar-refractivity contribution in [3.05, 3.63) is 59.4 Å². The highest BCUT2D eigenvalue weighted by Crippen LogP contribution is 2.20. The van der Waals surface area contributed by atoms with Gasteiger partial charge in [0, 0.05) is 18.5 Å². The average molecular weight is 418 g/mol. The Kier molecular flexibility index (Phi) is 7.58. The van der Waals surface area contributed by atoms with Gasteiger partial charge in [-0.2, -0.15) is 9.90 Å². The first-order valence-electron chi connectivity index (χ1n) is 8.81. The first-order chi connectivity index (χ1) is 13.5. The third kappa shape index (κ3) is 5.46. The van der Waals surface area contributed by atoms with E-state index in [2.05, 4.69) is 15.5 Å². The van der Waals surface area contributed by atoms with Gasteiger partial charge in [-0.15, -0.1) is 17.5 Å². The molecule has 9 heteroatoms. The second kappa shape index (κ2) is 9.90. The number of nitrogens with zero attached hydrogens (tertiary/aromatic N) is 3. The Hall–Kier alpha value is -3.10. The minimum absolute atomic E-state index is 0. The lowest BCUT2D eigenvalue weighted by atomic mass is 10.1. The van der Waals surface area contributed by atoms with E-state index in [-0.39, 0.29) is 24.0 Å². The summed E-state index contributed by atoms with van der Waals surface area (Å²) < 4.78 is 10.5. The zero-order valence-corrected chi connectivity index (χ0v) is 17.3. The molecular formula is C20H24ClN5O3. The smallest absolute Gasteiger partial charge is 0.278 e. The summed E-state index contributed by atoms with van der Waals surface area (Å²) in [5.41, 5.74) is 9.45. The highest BCUT2D eigenvalue weighted by Gasteiger charge is 2.17. The number of nitrogens with one attached hydrogen (secondary N) is 1. The lowest BCUT2D eigenvalue weighted by Gasteiger charge is -2.08. The molecule has 1 heterocycles. The zero-order chi connectivity index (χ0) is 20.1. The molecule has 29 heavy (non-hydrogen) atoms. The molecule has 2 aromatic carbocycles. The van der Waals surface area contributed by atoms with Gasteiger partial charge >= 0.3 is 0 Å². The fraction of sp³-hybridized carbons (Fsp3) is 0.250. The normalized spacial score (nSPS) is 10.3. The van der Waals surface area contributed by atoms with Crippen LogP contribution < -0.4 is 15.8 Å². The number of hydrogen-bond donors (Lipinski definition) is 2. The summed E-state index contributed by atoms with van der Waals surface area (Å²) in [5.74, 6) is 0.386. The third-order valence-electron chi connectivity index (χ3n) is 4.13. The second-order valence-corrected chi connectivity index (χ2v) is 6.29. The molecule has 1 aromatic heterocycles. The van der Waals surface area contributed by atoms with Crippen molar-refractivity contribution in [3.8, 4) is 11.4 Å². The van der Waals surface area contributed by atoms with Gasteiger partial charge in [0.2, 0.25) is 0 Å². The van der Waals surface area contributed by atoms with Crippen molar-refractivity contribution in [2.24, 2.45) is 0 Å². The van der Waals surface area contributed by atoms with Crippen LogP contribution in [0.25, 0.3) is 5.69 Å². The van der Waals surface area contributed by atoms with Crippen molar-refractivity contribution in [1.82, 2.24) is 15.0 Å². The quantitative estimate of drug-likeness (QED) is 0.452. The van der Waals surface area contributed by atoms with Crippen LogP contribution in [0.1, 0.15) is 21.7 Å². The van der Waals surface area contributed by atoms with Crippen LogP contribution in [0.3, 0.4) is 0 Å². The molecule has 0 aliphatic rings. The van der Waals surface area contributed by atoms with Gasteiger partial charge in [0.25, 0.3) is 5.91 Å². The van der Waals surface area contributed by atoms with Gasteiger partial charge in [-0.1, -0.05) is 6.07 Å². The van der Waals surface area contributed by atoms with E-state index in [1.165, 1.54) is 4.80 Å². The van der Waals surface area contributed by atoms with Crippen molar-refractivity contribution in [1.29, 1.82) is 0 Å². The molecule has 0 radical (unpaired) electrons. The molecule has 3 N–H and O–H groups in total. The van der Waals surface area contributed by atoms with Gasteiger partial charge in [-0.3, -0.25) is 4.79 Å². The number of nitrogens with two attached hydrogens (primary N) is 1. The Balaban J connectivity index is 0.00000300. The van der Waals surface area contributed by atoms with Gasteiger partial charge in [-0.05, 0) is 55.8 Å². The van der Waals surface area contributed by atoms with Gasteiger partial charge in [0.05, 0.1) is 18.0 Å².